The molecule has 0 aromatic rings. The van der Waals surface area contributed by atoms with E-state index in [4.69, 9.17) is 0 Å². The molecule has 0 atom stereocenters. The summed E-state index contributed by atoms with van der Waals surface area (Å²) < 4.78 is 0. The summed E-state index contributed by atoms with van der Waals surface area (Å²) in [6, 6.07) is 0. The molecule has 0 aliphatic heterocycles. The number of rotatable bonds is 10. The van der Waals surface area contributed by atoms with Gasteiger partial charge in [0.15, 0.2) is 5.78 Å². The van der Waals surface area contributed by atoms with Crippen LogP contribution in [0.5, 0.6) is 0 Å². The molecule has 1 nitrogen and oxygen atoms in total. The topological polar surface area (TPSA) is 17.1 Å². The lowest BCUT2D eigenvalue weighted by atomic mass is 9.72. The highest BCUT2D eigenvalue weighted by Crippen LogP contribution is 2.41. The molecule has 1 heteroatoms. The fourth-order valence-electron chi connectivity index (χ4n) is 5.54. The second-order valence-corrected chi connectivity index (χ2v) is 13.2. The van der Waals surface area contributed by atoms with E-state index in [2.05, 4.69) is 147 Å². The minimum absolute atomic E-state index is 0.0507. The number of carbonyl (C=O) groups is 1. The molecule has 220 valence electrons. The van der Waals surface area contributed by atoms with Gasteiger partial charge >= 0.3 is 0 Å². The van der Waals surface area contributed by atoms with E-state index in [-0.39, 0.29) is 16.6 Å². The van der Waals surface area contributed by atoms with E-state index >= 15 is 0 Å². The zero-order valence-corrected chi connectivity index (χ0v) is 27.5. The minimum atomic E-state index is 0.0507. The summed E-state index contributed by atoms with van der Waals surface area (Å²) in [6.45, 7) is 21.9. The van der Waals surface area contributed by atoms with Crippen LogP contribution in [0.1, 0.15) is 101 Å². The normalized spacial score (nSPS) is 21.8. The van der Waals surface area contributed by atoms with Crippen molar-refractivity contribution in [3.8, 4) is 0 Å². The Hall–Kier alpha value is -3.19. The van der Waals surface area contributed by atoms with Crippen LogP contribution in [-0.4, -0.2) is 5.78 Å². The second kappa shape index (κ2) is 15.7. The van der Waals surface area contributed by atoms with Crippen molar-refractivity contribution in [2.24, 2.45) is 10.8 Å². The molecule has 0 unspecified atom stereocenters. The van der Waals surface area contributed by atoms with Crippen molar-refractivity contribution >= 4 is 5.78 Å². The van der Waals surface area contributed by atoms with Crippen LogP contribution in [0, 0.1) is 10.8 Å². The highest BCUT2D eigenvalue weighted by Gasteiger charge is 2.30. The van der Waals surface area contributed by atoms with Gasteiger partial charge < -0.3 is 0 Å². The maximum absolute atomic E-state index is 12.2. The van der Waals surface area contributed by atoms with Crippen LogP contribution in [0.2, 0.25) is 0 Å². The first-order valence-electron chi connectivity index (χ1n) is 15.3. The summed E-state index contributed by atoms with van der Waals surface area (Å²) in [4.78, 5) is 12.2. The van der Waals surface area contributed by atoms with Crippen molar-refractivity contribution in [1.29, 1.82) is 0 Å². The minimum Gasteiger partial charge on any atom is -0.295 e. The first-order valence-corrected chi connectivity index (χ1v) is 15.3. The van der Waals surface area contributed by atoms with Crippen LogP contribution in [0.15, 0.2) is 130 Å². The van der Waals surface area contributed by atoms with E-state index in [0.717, 1.165) is 17.6 Å². The molecular formula is C40H54O. The summed E-state index contributed by atoms with van der Waals surface area (Å²) in [5, 5.41) is 0. The third-order valence-electron chi connectivity index (χ3n) is 8.36. The van der Waals surface area contributed by atoms with Gasteiger partial charge in [0, 0.05) is 6.42 Å². The molecular weight excluding hydrogens is 496 g/mol. The Labute approximate surface area is 252 Å². The van der Waals surface area contributed by atoms with Crippen LogP contribution < -0.4 is 0 Å². The largest absolute Gasteiger partial charge is 0.295 e. The number of allylic oxidation sites excluding steroid dienone is 22. The molecule has 2 rings (SSSR count). The van der Waals surface area contributed by atoms with Crippen molar-refractivity contribution in [2.45, 2.75) is 101 Å². The van der Waals surface area contributed by atoms with Gasteiger partial charge in [0.2, 0.25) is 0 Å². The standard InChI is InChI=1S/C40H54O/c1-30(18-13-20-32(3)23-25-36-34(5)22-15-28-39(36,7)8)16-11-12-17-31(2)19-14-21-33(4)24-26-37-35(6)38(41)27-29-40(37,9)10/h11-14,16-21,23-26H,15,22,27-29H2,1-10H3. The number of hydrogen-bond donors (Lipinski definition) is 0. The summed E-state index contributed by atoms with van der Waals surface area (Å²) in [5.74, 6) is 0.280. The number of carbonyl (C=O) groups excluding carboxylic acids is 1. The average Bonchev–Trinajstić information content (AvgIpc) is 2.88. The summed E-state index contributed by atoms with van der Waals surface area (Å²) in [7, 11) is 0. The Morgan fingerprint density at radius 2 is 1.02 bits per heavy atom. The molecule has 0 saturated carbocycles. The molecule has 41 heavy (non-hydrogen) atoms. The van der Waals surface area contributed by atoms with Gasteiger partial charge in [-0.1, -0.05) is 141 Å². The Balaban J connectivity index is 1.91. The van der Waals surface area contributed by atoms with Crippen molar-refractivity contribution in [1.82, 2.24) is 0 Å². The molecule has 0 fully saturated rings. The first-order chi connectivity index (χ1) is 19.2. The third-order valence-corrected chi connectivity index (χ3v) is 8.36. The fourth-order valence-corrected chi connectivity index (χ4v) is 5.54. The van der Waals surface area contributed by atoms with Gasteiger partial charge in [-0.2, -0.15) is 0 Å². The van der Waals surface area contributed by atoms with Crippen LogP contribution in [-0.2, 0) is 4.79 Å². The molecule has 0 N–H and O–H groups in total. The zero-order chi connectivity index (χ0) is 30.6. The van der Waals surface area contributed by atoms with Crippen molar-refractivity contribution in [2.75, 3.05) is 0 Å². The Morgan fingerprint density at radius 3 is 1.54 bits per heavy atom. The average molecular weight is 551 g/mol. The van der Waals surface area contributed by atoms with Crippen LogP contribution in [0.3, 0.4) is 0 Å². The van der Waals surface area contributed by atoms with Crippen LogP contribution in [0.25, 0.3) is 0 Å². The summed E-state index contributed by atoms with van der Waals surface area (Å²) in [5.41, 5.74) is 10.3. The molecule has 0 saturated heterocycles. The molecule has 0 amide bonds. The second-order valence-electron chi connectivity index (χ2n) is 13.2. The fraction of sp³-hybridized carbons (Fsp3) is 0.425. The van der Waals surface area contributed by atoms with Gasteiger partial charge in [-0.3, -0.25) is 4.79 Å². The van der Waals surface area contributed by atoms with E-state index in [1.54, 1.807) is 0 Å². The molecule has 0 radical (unpaired) electrons. The molecule has 0 bridgehead atoms. The third kappa shape index (κ3) is 11.3. The van der Waals surface area contributed by atoms with E-state index in [0.29, 0.717) is 6.42 Å². The zero-order valence-electron chi connectivity index (χ0n) is 27.5. The van der Waals surface area contributed by atoms with Gasteiger partial charge in [-0.05, 0) is 94.8 Å². The van der Waals surface area contributed by atoms with Gasteiger partial charge in [-0.25, -0.2) is 0 Å². The van der Waals surface area contributed by atoms with Gasteiger partial charge in [0.25, 0.3) is 0 Å². The van der Waals surface area contributed by atoms with E-state index in [9.17, 15) is 4.79 Å². The lowest BCUT2D eigenvalue weighted by molar-refractivity contribution is -0.116. The Bertz CT molecular complexity index is 1300. The first kappa shape index (κ1) is 34.0. The Kier molecular flexibility index (Phi) is 13.0. The number of Topliss-reactive ketones (excluding diaryl/α,β-unsaturated/α-hetero) is 1. The Morgan fingerprint density at radius 1 is 0.585 bits per heavy atom. The highest BCUT2D eigenvalue weighted by atomic mass is 16.1. The van der Waals surface area contributed by atoms with Crippen LogP contribution >= 0.6 is 0 Å². The van der Waals surface area contributed by atoms with Gasteiger partial charge in [-0.15, -0.1) is 0 Å². The molecule has 0 heterocycles. The van der Waals surface area contributed by atoms with Crippen molar-refractivity contribution in [3.05, 3.63) is 130 Å². The lowest BCUT2D eigenvalue weighted by Gasteiger charge is -2.32. The van der Waals surface area contributed by atoms with Crippen molar-refractivity contribution in [3.63, 3.8) is 0 Å². The van der Waals surface area contributed by atoms with Gasteiger partial charge in [0.05, 0.1) is 0 Å². The SMILES string of the molecule is CC(C=CC=C(C)C=CC1=C(C)CCCC1(C)C)=CC=CC=C(C)C=CC=C(C)C=CC1=C(C)C(=O)CCC1(C)C. The van der Waals surface area contributed by atoms with Gasteiger partial charge in [0.1, 0.15) is 0 Å². The molecule has 2 aliphatic rings. The summed E-state index contributed by atoms with van der Waals surface area (Å²) >= 11 is 0. The molecule has 0 spiro atoms. The quantitative estimate of drug-likeness (QED) is 0.247. The van der Waals surface area contributed by atoms with E-state index < -0.39 is 0 Å². The maximum atomic E-state index is 12.2. The monoisotopic (exact) mass is 550 g/mol. The summed E-state index contributed by atoms with van der Waals surface area (Å²) in [6.07, 6.45) is 35.4. The highest BCUT2D eigenvalue weighted by molar-refractivity contribution is 5.97. The smallest absolute Gasteiger partial charge is 0.158 e. The number of hydrogen-bond acceptors (Lipinski definition) is 1. The predicted octanol–water partition coefficient (Wildman–Crippen LogP) is 11.8. The lowest BCUT2D eigenvalue weighted by Crippen LogP contribution is -2.24. The van der Waals surface area contributed by atoms with E-state index in [1.165, 1.54) is 52.7 Å². The van der Waals surface area contributed by atoms with E-state index in [1.807, 2.05) is 6.92 Å². The molecule has 2 aliphatic carbocycles. The maximum Gasteiger partial charge on any atom is 0.158 e. The number of ketones is 1. The molecule has 0 aromatic heterocycles. The van der Waals surface area contributed by atoms with Crippen molar-refractivity contribution < 1.29 is 4.79 Å². The predicted molar refractivity (Wildman–Crippen MR) is 182 cm³/mol. The van der Waals surface area contributed by atoms with Crippen LogP contribution in [0.4, 0.5) is 0 Å². The molecule has 0 aromatic carbocycles.